The second kappa shape index (κ2) is 30.5. The van der Waals surface area contributed by atoms with E-state index in [1.165, 1.54) is 0 Å². The van der Waals surface area contributed by atoms with Crippen LogP contribution in [-0.2, 0) is 68.3 Å². The standard InChI is InChI=1S/Al.4Cu. The summed E-state index contributed by atoms with van der Waals surface area (Å²) < 4.78 is 0. The summed E-state index contributed by atoms with van der Waals surface area (Å²) in [7, 11) is 0. The number of hydrogen-bond acceptors (Lipinski definition) is 0. The summed E-state index contributed by atoms with van der Waals surface area (Å²) in [5.74, 6) is 0. The molecular weight excluding hydrogens is 281 g/mol. The van der Waals surface area contributed by atoms with Crippen LogP contribution in [0.4, 0.5) is 0 Å². The van der Waals surface area contributed by atoms with Crippen molar-refractivity contribution in [3.63, 3.8) is 0 Å². The van der Waals surface area contributed by atoms with Gasteiger partial charge in [0.2, 0.25) is 0 Å². The summed E-state index contributed by atoms with van der Waals surface area (Å²) in [6.07, 6.45) is 0. The van der Waals surface area contributed by atoms with Crippen LogP contribution >= 0.6 is 0 Å². The van der Waals surface area contributed by atoms with E-state index >= 15 is 0 Å². The van der Waals surface area contributed by atoms with E-state index in [9.17, 15) is 0 Å². The molecule has 0 unspecified atom stereocenters. The van der Waals surface area contributed by atoms with Gasteiger partial charge in [-0.1, -0.05) is 0 Å². The van der Waals surface area contributed by atoms with Crippen molar-refractivity contribution >= 4 is 17.4 Å². The molecule has 0 saturated carbocycles. The first-order chi connectivity index (χ1) is 0. The Morgan fingerprint density at radius 1 is 0.400 bits per heavy atom. The van der Waals surface area contributed by atoms with Crippen molar-refractivity contribution in [2.45, 2.75) is 0 Å². The predicted octanol–water partition coefficient (Wildman–Crippen LogP) is -0.391. The summed E-state index contributed by atoms with van der Waals surface area (Å²) >= 11 is 0. The first kappa shape index (κ1) is 48.8. The van der Waals surface area contributed by atoms with Gasteiger partial charge in [0, 0.05) is 85.6 Å². The molecule has 5 heavy (non-hydrogen) atoms. The summed E-state index contributed by atoms with van der Waals surface area (Å²) in [4.78, 5) is 0. The molecule has 0 aliphatic carbocycles. The van der Waals surface area contributed by atoms with E-state index in [-0.39, 0.29) is 85.6 Å². The van der Waals surface area contributed by atoms with E-state index in [1.807, 2.05) is 0 Å². The second-order valence-electron chi connectivity index (χ2n) is 0. The Kier molecular flexibility index (Phi) is 298. The third kappa shape index (κ3) is 20.6. The first-order valence-electron chi connectivity index (χ1n) is 0. The summed E-state index contributed by atoms with van der Waals surface area (Å²) in [6.45, 7) is 0. The van der Waals surface area contributed by atoms with Gasteiger partial charge in [-0.15, -0.1) is 0 Å². The van der Waals surface area contributed by atoms with Gasteiger partial charge in [-0.05, 0) is 0 Å². The largest absolute Gasteiger partial charge is 0 e. The van der Waals surface area contributed by atoms with Crippen LogP contribution in [-0.4, -0.2) is 17.4 Å². The molecule has 0 rings (SSSR count). The van der Waals surface area contributed by atoms with Crippen molar-refractivity contribution in [3.8, 4) is 0 Å². The van der Waals surface area contributed by atoms with Crippen LogP contribution in [0.1, 0.15) is 0 Å². The number of hydrogen-bond donors (Lipinski definition) is 0. The SMILES string of the molecule is [Al].[Cu].[Cu].[Cu].[Cu]. The van der Waals surface area contributed by atoms with E-state index in [4.69, 9.17) is 0 Å². The van der Waals surface area contributed by atoms with E-state index in [0.29, 0.717) is 0 Å². The van der Waals surface area contributed by atoms with Crippen molar-refractivity contribution in [3.05, 3.63) is 0 Å². The van der Waals surface area contributed by atoms with Gasteiger partial charge in [-0.3, -0.25) is 0 Å². The molecule has 7 radical (unpaired) electrons. The van der Waals surface area contributed by atoms with E-state index in [0.717, 1.165) is 0 Å². The molecule has 0 nitrogen and oxygen atoms in total. The Balaban J connectivity index is 0. The third-order valence-corrected chi connectivity index (χ3v) is 0. The average molecular weight is 281 g/mol. The third-order valence-electron chi connectivity index (χ3n) is 0. The molecular formula is AlCu4. The minimum absolute atomic E-state index is 0. The Morgan fingerprint density at radius 3 is 0.400 bits per heavy atom. The maximum absolute atomic E-state index is 0. The van der Waals surface area contributed by atoms with Gasteiger partial charge in [-0.2, -0.15) is 0 Å². The van der Waals surface area contributed by atoms with Gasteiger partial charge < -0.3 is 0 Å². The second-order valence-corrected chi connectivity index (χ2v) is 0. The van der Waals surface area contributed by atoms with Crippen LogP contribution in [0.25, 0.3) is 0 Å². The molecule has 0 aromatic rings. The topological polar surface area (TPSA) is 0 Å². The van der Waals surface area contributed by atoms with E-state index < -0.39 is 0 Å². The fourth-order valence-corrected chi connectivity index (χ4v) is 0. The van der Waals surface area contributed by atoms with Gasteiger partial charge >= 0.3 is 0 Å². The molecule has 0 aliphatic rings. The molecule has 0 aromatic carbocycles. The first-order valence-corrected chi connectivity index (χ1v) is 0. The van der Waals surface area contributed by atoms with Crippen LogP contribution in [0.5, 0.6) is 0 Å². The Bertz CT molecular complexity index is 3.61. The van der Waals surface area contributed by atoms with Crippen molar-refractivity contribution in [1.82, 2.24) is 0 Å². The van der Waals surface area contributed by atoms with Crippen molar-refractivity contribution in [2.24, 2.45) is 0 Å². The maximum atomic E-state index is 0. The van der Waals surface area contributed by atoms with Gasteiger partial charge in [0.05, 0.1) is 0 Å². The number of rotatable bonds is 0. The molecule has 0 spiro atoms. The zero-order valence-electron chi connectivity index (χ0n) is 1.78. The molecule has 0 amide bonds. The maximum Gasteiger partial charge on any atom is 0 e. The normalized spacial score (nSPS) is 0. The Labute approximate surface area is 84.6 Å². The fraction of sp³-hybridized carbons (Fsp3) is 0. The summed E-state index contributed by atoms with van der Waals surface area (Å²) in [6, 6.07) is 0. The van der Waals surface area contributed by atoms with Crippen LogP contribution < -0.4 is 0 Å². The van der Waals surface area contributed by atoms with Gasteiger partial charge in [-0.25, -0.2) is 0 Å². The molecule has 5 heteroatoms. The zero-order chi connectivity index (χ0) is 0. The molecule has 0 saturated heterocycles. The quantitative estimate of drug-likeness (QED) is 0.531. The smallest absolute Gasteiger partial charge is 0 e. The monoisotopic (exact) mass is 279 g/mol. The van der Waals surface area contributed by atoms with Crippen LogP contribution in [0.3, 0.4) is 0 Å². The van der Waals surface area contributed by atoms with Crippen LogP contribution in [0, 0.1) is 0 Å². The van der Waals surface area contributed by atoms with Crippen molar-refractivity contribution < 1.29 is 68.3 Å². The molecule has 0 heterocycles. The van der Waals surface area contributed by atoms with Crippen LogP contribution in [0.2, 0.25) is 0 Å². The molecule has 47 valence electrons. The Hall–Kier alpha value is 2.61. The van der Waals surface area contributed by atoms with Gasteiger partial charge in [0.25, 0.3) is 0 Å². The Morgan fingerprint density at radius 2 is 0.400 bits per heavy atom. The summed E-state index contributed by atoms with van der Waals surface area (Å²) in [5.41, 5.74) is 0. The molecule has 0 N–H and O–H groups in total. The molecule has 0 fully saturated rings. The molecule has 0 bridgehead atoms. The minimum Gasteiger partial charge on any atom is 0 e. The summed E-state index contributed by atoms with van der Waals surface area (Å²) in [5, 5.41) is 0. The van der Waals surface area contributed by atoms with E-state index in [1.54, 1.807) is 0 Å². The molecule has 0 atom stereocenters. The fourth-order valence-electron chi connectivity index (χ4n) is 0. The minimum atomic E-state index is 0. The van der Waals surface area contributed by atoms with Crippen molar-refractivity contribution in [1.29, 1.82) is 0 Å². The molecule has 0 aromatic heterocycles. The van der Waals surface area contributed by atoms with Crippen molar-refractivity contribution in [2.75, 3.05) is 0 Å². The molecule has 0 aliphatic heterocycles. The predicted molar refractivity (Wildman–Crippen MR) is 5.75 cm³/mol. The van der Waals surface area contributed by atoms with E-state index in [2.05, 4.69) is 0 Å². The zero-order valence-corrected chi connectivity index (χ0v) is 6.70. The average Bonchev–Trinajstić information content (AvgIpc) is 0. The van der Waals surface area contributed by atoms with Gasteiger partial charge in [0.15, 0.2) is 0 Å². The van der Waals surface area contributed by atoms with Gasteiger partial charge in [0.1, 0.15) is 0 Å². The van der Waals surface area contributed by atoms with Crippen LogP contribution in [0.15, 0.2) is 0 Å².